The number of nitrogens with zero attached hydrogens (tertiary/aromatic N) is 3. The van der Waals surface area contributed by atoms with Gasteiger partial charge in [0.05, 0.1) is 11.2 Å². The van der Waals surface area contributed by atoms with Gasteiger partial charge in [0, 0.05) is 30.1 Å². The Morgan fingerprint density at radius 2 is 1.69 bits per heavy atom. The van der Waals surface area contributed by atoms with Gasteiger partial charge in [-0.25, -0.2) is 4.98 Å². The van der Waals surface area contributed by atoms with Crippen molar-refractivity contribution in [3.05, 3.63) is 84.2 Å². The highest BCUT2D eigenvalue weighted by molar-refractivity contribution is 5.95. The summed E-state index contributed by atoms with van der Waals surface area (Å²) in [7, 11) is 0. The van der Waals surface area contributed by atoms with E-state index in [0.717, 1.165) is 22.2 Å². The van der Waals surface area contributed by atoms with Crippen LogP contribution < -0.4 is 5.32 Å². The Balaban J connectivity index is 1.18. The van der Waals surface area contributed by atoms with Gasteiger partial charge in [-0.15, -0.1) is 0 Å². The van der Waals surface area contributed by atoms with Gasteiger partial charge < -0.3 is 10.2 Å². The molecule has 1 fully saturated rings. The average molecular weight is 425 g/mol. The molecule has 0 aliphatic carbocycles. The van der Waals surface area contributed by atoms with E-state index in [1.165, 1.54) is 0 Å². The molecule has 1 aliphatic rings. The van der Waals surface area contributed by atoms with Crippen LogP contribution in [0.3, 0.4) is 0 Å². The molecule has 7 nitrogen and oxygen atoms in total. The van der Waals surface area contributed by atoms with Gasteiger partial charge in [-0.1, -0.05) is 54.6 Å². The minimum absolute atomic E-state index is 0.0152. The summed E-state index contributed by atoms with van der Waals surface area (Å²) in [6.07, 6.45) is 1.40. The number of piperidine rings is 1. The topological polar surface area (TPSA) is 91.0 Å². The summed E-state index contributed by atoms with van der Waals surface area (Å²) in [5.74, 6) is -0.248. The first kappa shape index (κ1) is 19.9. The molecule has 1 aliphatic heterocycles. The van der Waals surface area contributed by atoms with Gasteiger partial charge in [-0.05, 0) is 31.0 Å². The Morgan fingerprint density at radius 1 is 0.938 bits per heavy atom. The van der Waals surface area contributed by atoms with Crippen molar-refractivity contribution in [2.24, 2.45) is 0 Å². The molecule has 5 rings (SSSR count). The Labute approximate surface area is 185 Å². The molecule has 4 aromatic rings. The SMILES string of the molecule is O=C(NC1CCN(C(=O)c2cc(-c3ccccc3)n[nH]2)CC1)c1ccc2ccccc2n1. The number of amides is 2. The highest BCUT2D eigenvalue weighted by Gasteiger charge is 2.26. The van der Waals surface area contributed by atoms with Gasteiger partial charge in [0.2, 0.25) is 0 Å². The number of carbonyl (C=O) groups is 2. The minimum Gasteiger partial charge on any atom is -0.348 e. The van der Waals surface area contributed by atoms with Crippen LogP contribution in [-0.4, -0.2) is 51.0 Å². The average Bonchev–Trinajstić information content (AvgIpc) is 3.35. The van der Waals surface area contributed by atoms with E-state index in [1.54, 1.807) is 17.0 Å². The third-order valence-corrected chi connectivity index (χ3v) is 5.83. The zero-order valence-electron chi connectivity index (χ0n) is 17.5. The van der Waals surface area contributed by atoms with Crippen LogP contribution in [0.25, 0.3) is 22.2 Å². The number of hydrogen-bond donors (Lipinski definition) is 2. The molecule has 2 aromatic carbocycles. The first-order chi connectivity index (χ1) is 15.7. The Morgan fingerprint density at radius 3 is 2.50 bits per heavy atom. The van der Waals surface area contributed by atoms with E-state index in [9.17, 15) is 9.59 Å². The molecule has 0 radical (unpaired) electrons. The standard InChI is InChI=1S/C25H23N5O2/c31-24(21-11-10-18-8-4-5-9-20(18)27-21)26-19-12-14-30(15-13-19)25(32)23-16-22(28-29-23)17-6-2-1-3-7-17/h1-11,16,19H,12-15H2,(H,26,31)(H,28,29). The van der Waals surface area contributed by atoms with Crippen LogP contribution in [-0.2, 0) is 0 Å². The minimum atomic E-state index is -0.179. The lowest BCUT2D eigenvalue weighted by Crippen LogP contribution is -2.46. The molecule has 3 heterocycles. The Hall–Kier alpha value is -4.00. The molecule has 0 atom stereocenters. The van der Waals surface area contributed by atoms with Crippen LogP contribution in [0.2, 0.25) is 0 Å². The second-order valence-electron chi connectivity index (χ2n) is 7.96. The summed E-state index contributed by atoms with van der Waals surface area (Å²) >= 11 is 0. The zero-order valence-corrected chi connectivity index (χ0v) is 17.5. The van der Waals surface area contributed by atoms with Crippen molar-refractivity contribution in [3.8, 4) is 11.3 Å². The number of hydrogen-bond acceptors (Lipinski definition) is 4. The normalized spacial score (nSPS) is 14.4. The molecule has 0 saturated carbocycles. The van der Waals surface area contributed by atoms with Gasteiger partial charge in [0.1, 0.15) is 11.4 Å². The molecule has 2 amide bonds. The Bertz CT molecular complexity index is 1260. The first-order valence-corrected chi connectivity index (χ1v) is 10.7. The highest BCUT2D eigenvalue weighted by atomic mass is 16.2. The van der Waals surface area contributed by atoms with Crippen molar-refractivity contribution in [3.63, 3.8) is 0 Å². The third kappa shape index (κ3) is 4.09. The van der Waals surface area contributed by atoms with E-state index >= 15 is 0 Å². The number of pyridine rings is 1. The van der Waals surface area contributed by atoms with Crippen molar-refractivity contribution in [1.82, 2.24) is 25.4 Å². The molecule has 1 saturated heterocycles. The van der Waals surface area contributed by atoms with E-state index in [-0.39, 0.29) is 17.9 Å². The summed E-state index contributed by atoms with van der Waals surface area (Å²) in [6, 6.07) is 22.9. The number of benzene rings is 2. The van der Waals surface area contributed by atoms with Gasteiger partial charge in [-0.2, -0.15) is 5.10 Å². The maximum Gasteiger partial charge on any atom is 0.271 e. The van der Waals surface area contributed by atoms with Crippen LogP contribution in [0.5, 0.6) is 0 Å². The molecule has 0 spiro atoms. The van der Waals surface area contributed by atoms with Gasteiger partial charge >= 0.3 is 0 Å². The molecule has 32 heavy (non-hydrogen) atoms. The number of para-hydroxylation sites is 1. The van der Waals surface area contributed by atoms with Crippen LogP contribution in [0, 0.1) is 0 Å². The van der Waals surface area contributed by atoms with E-state index in [0.29, 0.717) is 37.3 Å². The quantitative estimate of drug-likeness (QED) is 0.522. The number of fused-ring (bicyclic) bond motifs is 1. The van der Waals surface area contributed by atoms with Crippen LogP contribution in [0.15, 0.2) is 72.8 Å². The lowest BCUT2D eigenvalue weighted by Gasteiger charge is -2.32. The molecular formula is C25H23N5O2. The second kappa shape index (κ2) is 8.63. The third-order valence-electron chi connectivity index (χ3n) is 5.83. The van der Waals surface area contributed by atoms with Crippen LogP contribution in [0.4, 0.5) is 0 Å². The predicted octanol–water partition coefficient (Wildman–Crippen LogP) is 3.66. The number of rotatable bonds is 4. The van der Waals surface area contributed by atoms with Crippen molar-refractivity contribution in [1.29, 1.82) is 0 Å². The second-order valence-corrected chi connectivity index (χ2v) is 7.96. The van der Waals surface area contributed by atoms with E-state index in [1.807, 2.05) is 60.7 Å². The molecule has 0 bridgehead atoms. The van der Waals surface area contributed by atoms with Gasteiger partial charge in [-0.3, -0.25) is 14.7 Å². The van der Waals surface area contributed by atoms with Crippen molar-refractivity contribution < 1.29 is 9.59 Å². The number of likely N-dealkylation sites (tertiary alicyclic amines) is 1. The fourth-order valence-electron chi connectivity index (χ4n) is 4.04. The van der Waals surface area contributed by atoms with Crippen molar-refractivity contribution in [2.75, 3.05) is 13.1 Å². The maximum atomic E-state index is 12.9. The summed E-state index contributed by atoms with van der Waals surface area (Å²) in [4.78, 5) is 31.8. The largest absolute Gasteiger partial charge is 0.348 e. The summed E-state index contributed by atoms with van der Waals surface area (Å²) in [5, 5.41) is 11.2. The fraction of sp³-hybridized carbons (Fsp3) is 0.200. The van der Waals surface area contributed by atoms with Gasteiger partial charge in [0.15, 0.2) is 0 Å². The number of aromatic amines is 1. The van der Waals surface area contributed by atoms with Gasteiger partial charge in [0.25, 0.3) is 11.8 Å². The molecular weight excluding hydrogens is 402 g/mol. The zero-order chi connectivity index (χ0) is 21.9. The molecule has 2 aromatic heterocycles. The van der Waals surface area contributed by atoms with Crippen LogP contribution >= 0.6 is 0 Å². The number of aromatic nitrogens is 3. The van der Waals surface area contributed by atoms with E-state index < -0.39 is 0 Å². The predicted molar refractivity (Wildman–Crippen MR) is 122 cm³/mol. The lowest BCUT2D eigenvalue weighted by molar-refractivity contribution is 0.0692. The van der Waals surface area contributed by atoms with Crippen molar-refractivity contribution >= 4 is 22.7 Å². The van der Waals surface area contributed by atoms with Crippen LogP contribution in [0.1, 0.15) is 33.8 Å². The van der Waals surface area contributed by atoms with E-state index in [2.05, 4.69) is 20.5 Å². The summed E-state index contributed by atoms with van der Waals surface area (Å²) in [5.41, 5.74) is 3.40. The highest BCUT2D eigenvalue weighted by Crippen LogP contribution is 2.19. The van der Waals surface area contributed by atoms with Crippen molar-refractivity contribution in [2.45, 2.75) is 18.9 Å². The van der Waals surface area contributed by atoms with E-state index in [4.69, 9.17) is 0 Å². The number of carbonyl (C=O) groups excluding carboxylic acids is 2. The smallest absolute Gasteiger partial charge is 0.271 e. The fourth-order valence-corrected chi connectivity index (χ4v) is 4.04. The Kier molecular flexibility index (Phi) is 5.37. The summed E-state index contributed by atoms with van der Waals surface area (Å²) in [6.45, 7) is 1.16. The molecule has 160 valence electrons. The molecule has 2 N–H and O–H groups in total. The number of nitrogens with one attached hydrogen (secondary N) is 2. The maximum absolute atomic E-state index is 12.9. The summed E-state index contributed by atoms with van der Waals surface area (Å²) < 4.78 is 0. The first-order valence-electron chi connectivity index (χ1n) is 10.7. The molecule has 0 unspecified atom stereocenters. The lowest BCUT2D eigenvalue weighted by atomic mass is 10.0. The number of H-pyrrole nitrogens is 1. The monoisotopic (exact) mass is 425 g/mol. The molecule has 7 heteroatoms.